The highest BCUT2D eigenvalue weighted by molar-refractivity contribution is 5.08. The molecular weight excluding hydrogens is 120 g/mol. The van der Waals surface area contributed by atoms with Gasteiger partial charge in [-0.1, -0.05) is 30.7 Å². The van der Waals surface area contributed by atoms with Gasteiger partial charge in [-0.05, 0) is 25.7 Å². The molecule has 0 aliphatic heterocycles. The van der Waals surface area contributed by atoms with E-state index in [4.69, 9.17) is 0 Å². The van der Waals surface area contributed by atoms with Gasteiger partial charge in [0.1, 0.15) is 0 Å². The normalized spacial score (nSPS) is 27.2. The molecular formula is C10H15. The summed E-state index contributed by atoms with van der Waals surface area (Å²) in [5, 5.41) is 0. The summed E-state index contributed by atoms with van der Waals surface area (Å²) in [6.07, 6.45) is 17.5. The third-order valence-electron chi connectivity index (χ3n) is 1.74. The molecule has 1 radical (unpaired) electrons. The summed E-state index contributed by atoms with van der Waals surface area (Å²) >= 11 is 0. The second-order valence-electron chi connectivity index (χ2n) is 2.69. The zero-order chi connectivity index (χ0) is 7.07. The van der Waals surface area contributed by atoms with Crippen molar-refractivity contribution in [3.63, 3.8) is 0 Å². The molecule has 10 heavy (non-hydrogen) atoms. The molecule has 0 fully saturated rings. The Morgan fingerprint density at radius 3 is 1.90 bits per heavy atom. The van der Waals surface area contributed by atoms with Crippen LogP contribution in [0.15, 0.2) is 24.3 Å². The highest BCUT2D eigenvalue weighted by Gasteiger charge is 1.86. The van der Waals surface area contributed by atoms with Crippen LogP contribution in [0, 0.1) is 6.42 Å². The van der Waals surface area contributed by atoms with Crippen molar-refractivity contribution in [1.29, 1.82) is 0 Å². The molecule has 0 saturated heterocycles. The summed E-state index contributed by atoms with van der Waals surface area (Å²) in [6.45, 7) is 0. The van der Waals surface area contributed by atoms with E-state index in [1.807, 2.05) is 0 Å². The van der Waals surface area contributed by atoms with Gasteiger partial charge in [-0.15, -0.1) is 0 Å². The first-order valence-corrected chi connectivity index (χ1v) is 4.15. The second-order valence-corrected chi connectivity index (χ2v) is 2.69. The lowest BCUT2D eigenvalue weighted by Gasteiger charge is -1.96. The number of hydrogen-bond acceptors (Lipinski definition) is 0. The van der Waals surface area contributed by atoms with Crippen molar-refractivity contribution >= 4 is 0 Å². The summed E-state index contributed by atoms with van der Waals surface area (Å²) in [5.41, 5.74) is 0. The quantitative estimate of drug-likeness (QED) is 0.478. The number of rotatable bonds is 0. The Kier molecular flexibility index (Phi) is 4.00. The zero-order valence-corrected chi connectivity index (χ0v) is 6.42. The molecule has 0 saturated carbocycles. The minimum atomic E-state index is 1.25. The van der Waals surface area contributed by atoms with E-state index in [1.54, 1.807) is 0 Å². The van der Waals surface area contributed by atoms with Crippen molar-refractivity contribution in [3.8, 4) is 0 Å². The van der Waals surface area contributed by atoms with Crippen LogP contribution in [0.5, 0.6) is 0 Å². The molecule has 0 heteroatoms. The van der Waals surface area contributed by atoms with Crippen LogP contribution in [0.3, 0.4) is 0 Å². The van der Waals surface area contributed by atoms with Gasteiger partial charge in [0, 0.05) is 6.42 Å². The van der Waals surface area contributed by atoms with Crippen molar-refractivity contribution in [2.75, 3.05) is 0 Å². The van der Waals surface area contributed by atoms with Crippen LogP contribution >= 0.6 is 0 Å². The Morgan fingerprint density at radius 1 is 0.700 bits per heavy atom. The van der Waals surface area contributed by atoms with Gasteiger partial charge in [-0.2, -0.15) is 0 Å². The first-order valence-electron chi connectivity index (χ1n) is 4.15. The van der Waals surface area contributed by atoms with Crippen LogP contribution < -0.4 is 0 Å². The van der Waals surface area contributed by atoms with E-state index in [1.165, 1.54) is 32.1 Å². The average Bonchev–Trinajstić information content (AvgIpc) is 2.01. The van der Waals surface area contributed by atoms with Crippen LogP contribution in [0.2, 0.25) is 0 Å². The highest BCUT2D eigenvalue weighted by atomic mass is 13.9. The van der Waals surface area contributed by atoms with E-state index in [0.717, 1.165) is 0 Å². The first-order chi connectivity index (χ1) is 5.00. The Balaban J connectivity index is 2.25. The Morgan fingerprint density at radius 2 is 1.30 bits per heavy atom. The summed E-state index contributed by atoms with van der Waals surface area (Å²) in [6, 6.07) is 0. The zero-order valence-electron chi connectivity index (χ0n) is 6.42. The molecule has 0 amide bonds. The molecule has 1 aliphatic carbocycles. The van der Waals surface area contributed by atoms with Gasteiger partial charge < -0.3 is 0 Å². The van der Waals surface area contributed by atoms with Crippen molar-refractivity contribution < 1.29 is 0 Å². The molecule has 0 heterocycles. The maximum absolute atomic E-state index is 2.25. The van der Waals surface area contributed by atoms with Gasteiger partial charge in [0.05, 0.1) is 0 Å². The molecule has 0 nitrogen and oxygen atoms in total. The molecule has 0 atom stereocenters. The van der Waals surface area contributed by atoms with E-state index in [0.29, 0.717) is 0 Å². The predicted octanol–water partition coefficient (Wildman–Crippen LogP) is 3.27. The topological polar surface area (TPSA) is 0 Å². The predicted molar refractivity (Wildman–Crippen MR) is 45.7 cm³/mol. The van der Waals surface area contributed by atoms with Gasteiger partial charge in [-0.3, -0.25) is 0 Å². The smallest absolute Gasteiger partial charge is 0.00441 e. The average molecular weight is 135 g/mol. The maximum atomic E-state index is 2.25. The Bertz CT molecular complexity index is 106. The molecule has 0 unspecified atom stereocenters. The fourth-order valence-corrected chi connectivity index (χ4v) is 1.11. The minimum absolute atomic E-state index is 1.25. The van der Waals surface area contributed by atoms with Crippen LogP contribution in [0.25, 0.3) is 0 Å². The molecule has 0 aromatic carbocycles. The Labute approximate surface area is 63.6 Å². The molecule has 1 aliphatic rings. The lowest BCUT2D eigenvalue weighted by atomic mass is 10.1. The standard InChI is InChI=1S/C10H15/c1-2-4-6-8-10-9-7-5-3-1/h1-5H,6-10H2/b4-2-,5-3+. The monoisotopic (exact) mass is 135 g/mol. The molecule has 0 aromatic heterocycles. The molecule has 55 valence electrons. The third-order valence-corrected chi connectivity index (χ3v) is 1.74. The van der Waals surface area contributed by atoms with Crippen molar-refractivity contribution in [1.82, 2.24) is 0 Å². The summed E-state index contributed by atoms with van der Waals surface area (Å²) in [5.74, 6) is 0. The lowest BCUT2D eigenvalue weighted by molar-refractivity contribution is 0.695. The van der Waals surface area contributed by atoms with Crippen LogP contribution in [-0.2, 0) is 0 Å². The molecule has 0 spiro atoms. The van der Waals surface area contributed by atoms with Gasteiger partial charge in [0.25, 0.3) is 0 Å². The SMILES string of the molecule is [CH]1/C=C\CCCCC/C=C/1. The van der Waals surface area contributed by atoms with Crippen molar-refractivity contribution in [2.24, 2.45) is 0 Å². The van der Waals surface area contributed by atoms with E-state index in [-0.39, 0.29) is 0 Å². The minimum Gasteiger partial charge on any atom is -0.0879 e. The summed E-state index contributed by atoms with van der Waals surface area (Å²) in [7, 11) is 0. The summed E-state index contributed by atoms with van der Waals surface area (Å²) in [4.78, 5) is 0. The van der Waals surface area contributed by atoms with Crippen LogP contribution in [0.4, 0.5) is 0 Å². The van der Waals surface area contributed by atoms with E-state index >= 15 is 0 Å². The molecule has 0 N–H and O–H groups in total. The van der Waals surface area contributed by atoms with Crippen LogP contribution in [0.1, 0.15) is 32.1 Å². The fraction of sp³-hybridized carbons (Fsp3) is 0.500. The van der Waals surface area contributed by atoms with Gasteiger partial charge >= 0.3 is 0 Å². The van der Waals surface area contributed by atoms with E-state index in [2.05, 4.69) is 30.7 Å². The summed E-state index contributed by atoms with van der Waals surface area (Å²) < 4.78 is 0. The van der Waals surface area contributed by atoms with Crippen molar-refractivity contribution in [3.05, 3.63) is 30.7 Å². The first kappa shape index (κ1) is 7.59. The number of allylic oxidation sites excluding steroid dienone is 4. The van der Waals surface area contributed by atoms with Crippen LogP contribution in [-0.4, -0.2) is 0 Å². The highest BCUT2D eigenvalue weighted by Crippen LogP contribution is 2.06. The number of hydrogen-bond donors (Lipinski definition) is 0. The van der Waals surface area contributed by atoms with E-state index in [9.17, 15) is 0 Å². The largest absolute Gasteiger partial charge is 0.0879 e. The molecule has 1 rings (SSSR count). The Hall–Kier alpha value is -0.520. The second kappa shape index (κ2) is 5.28. The van der Waals surface area contributed by atoms with E-state index < -0.39 is 0 Å². The van der Waals surface area contributed by atoms with Gasteiger partial charge in [0.2, 0.25) is 0 Å². The maximum Gasteiger partial charge on any atom is 0.00441 e. The molecule has 0 aromatic rings. The lowest BCUT2D eigenvalue weighted by Crippen LogP contribution is -1.77. The fourth-order valence-electron chi connectivity index (χ4n) is 1.11. The molecule has 0 bridgehead atoms. The van der Waals surface area contributed by atoms with Crippen molar-refractivity contribution in [2.45, 2.75) is 32.1 Å². The van der Waals surface area contributed by atoms with Gasteiger partial charge in [0.15, 0.2) is 0 Å². The van der Waals surface area contributed by atoms with Gasteiger partial charge in [-0.25, -0.2) is 0 Å². The third kappa shape index (κ3) is 3.49.